The molecule has 0 bridgehead atoms. The minimum absolute atomic E-state index is 0.581. The summed E-state index contributed by atoms with van der Waals surface area (Å²) in [6.45, 7) is 6.28. The lowest BCUT2D eigenvalue weighted by molar-refractivity contribution is 0.577. The number of nitrogens with two attached hydrogens (primary N) is 1. The summed E-state index contributed by atoms with van der Waals surface area (Å²) >= 11 is 0. The van der Waals surface area contributed by atoms with Crippen molar-refractivity contribution in [3.63, 3.8) is 0 Å². The lowest BCUT2D eigenvalue weighted by Crippen LogP contribution is -2.19. The molecule has 1 heterocycles. The van der Waals surface area contributed by atoms with Gasteiger partial charge in [-0.3, -0.25) is 0 Å². The normalized spacial score (nSPS) is 11.4. The second-order valence-corrected chi connectivity index (χ2v) is 3.93. The van der Waals surface area contributed by atoms with E-state index in [0.29, 0.717) is 11.7 Å². The molecule has 3 nitrogen and oxygen atoms in total. The van der Waals surface area contributed by atoms with Crippen molar-refractivity contribution < 1.29 is 0 Å². The molecule has 0 fully saturated rings. The molecule has 1 aromatic rings. The van der Waals surface area contributed by atoms with Crippen molar-refractivity contribution in [1.29, 1.82) is 0 Å². The fourth-order valence-corrected chi connectivity index (χ4v) is 1.21. The highest BCUT2D eigenvalue weighted by molar-refractivity contribution is 5.60. The molecule has 0 atom stereocenters. The molecular weight excluding hydrogens is 186 g/mol. The monoisotopic (exact) mass is 205 g/mol. The van der Waals surface area contributed by atoms with Gasteiger partial charge >= 0.3 is 0 Å². The van der Waals surface area contributed by atoms with Crippen LogP contribution in [0.5, 0.6) is 0 Å². The largest absolute Gasteiger partial charge is 0.383 e. The molecule has 0 spiro atoms. The summed E-state index contributed by atoms with van der Waals surface area (Å²) in [5.41, 5.74) is 6.68. The molecule has 15 heavy (non-hydrogen) atoms. The first-order chi connectivity index (χ1) is 7.20. The SMILES string of the molecule is CC(C)CNC/C=C/c1cccnc1N. The Morgan fingerprint density at radius 1 is 1.53 bits per heavy atom. The van der Waals surface area contributed by atoms with Gasteiger partial charge in [0.05, 0.1) is 0 Å². The van der Waals surface area contributed by atoms with Crippen molar-refractivity contribution in [2.24, 2.45) is 5.92 Å². The molecule has 0 radical (unpaired) electrons. The number of nitrogen functional groups attached to an aromatic ring is 1. The highest BCUT2D eigenvalue weighted by atomic mass is 14.8. The van der Waals surface area contributed by atoms with Crippen LogP contribution in [0, 0.1) is 5.92 Å². The Kier molecular flexibility index (Phi) is 4.84. The van der Waals surface area contributed by atoms with Crippen molar-refractivity contribution in [2.75, 3.05) is 18.8 Å². The standard InChI is InChI=1S/C12H19N3/c1-10(2)9-14-7-3-5-11-6-4-8-15-12(11)13/h3-6,8,10,14H,7,9H2,1-2H3,(H2,13,15)/b5-3+. The van der Waals surface area contributed by atoms with Crippen LogP contribution < -0.4 is 11.1 Å². The molecule has 0 saturated heterocycles. The molecule has 0 aliphatic rings. The van der Waals surface area contributed by atoms with E-state index < -0.39 is 0 Å². The van der Waals surface area contributed by atoms with E-state index >= 15 is 0 Å². The first-order valence-corrected chi connectivity index (χ1v) is 5.28. The first-order valence-electron chi connectivity index (χ1n) is 5.28. The van der Waals surface area contributed by atoms with Gasteiger partial charge in [-0.05, 0) is 24.6 Å². The lowest BCUT2D eigenvalue weighted by Gasteiger charge is -2.03. The number of aromatic nitrogens is 1. The maximum atomic E-state index is 5.70. The highest BCUT2D eigenvalue weighted by Crippen LogP contribution is 2.08. The Labute approximate surface area is 91.4 Å². The van der Waals surface area contributed by atoms with Crippen molar-refractivity contribution in [2.45, 2.75) is 13.8 Å². The Bertz CT molecular complexity index is 318. The van der Waals surface area contributed by atoms with E-state index in [9.17, 15) is 0 Å². The van der Waals surface area contributed by atoms with E-state index in [1.807, 2.05) is 18.2 Å². The van der Waals surface area contributed by atoms with Crippen LogP contribution in [0.1, 0.15) is 19.4 Å². The number of nitrogens with zero attached hydrogens (tertiary/aromatic N) is 1. The third-order valence-electron chi connectivity index (χ3n) is 1.98. The summed E-state index contributed by atoms with van der Waals surface area (Å²) in [6, 6.07) is 3.85. The highest BCUT2D eigenvalue weighted by Gasteiger charge is 1.93. The van der Waals surface area contributed by atoms with Gasteiger partial charge in [0.2, 0.25) is 0 Å². The van der Waals surface area contributed by atoms with Crippen LogP contribution in [0.15, 0.2) is 24.4 Å². The van der Waals surface area contributed by atoms with Crippen LogP contribution in [0.25, 0.3) is 6.08 Å². The van der Waals surface area contributed by atoms with Gasteiger partial charge < -0.3 is 11.1 Å². The topological polar surface area (TPSA) is 50.9 Å². The molecule has 0 aliphatic carbocycles. The molecule has 3 N–H and O–H groups in total. The molecule has 1 rings (SSSR count). The van der Waals surface area contributed by atoms with Gasteiger partial charge in [0.25, 0.3) is 0 Å². The third kappa shape index (κ3) is 4.61. The van der Waals surface area contributed by atoms with Crippen molar-refractivity contribution in [3.8, 4) is 0 Å². The smallest absolute Gasteiger partial charge is 0.130 e. The van der Waals surface area contributed by atoms with Crippen LogP contribution in [0.2, 0.25) is 0 Å². The molecule has 0 aromatic carbocycles. The van der Waals surface area contributed by atoms with Crippen LogP contribution in [-0.2, 0) is 0 Å². The van der Waals surface area contributed by atoms with Gasteiger partial charge in [-0.2, -0.15) is 0 Å². The van der Waals surface area contributed by atoms with E-state index in [-0.39, 0.29) is 0 Å². The van der Waals surface area contributed by atoms with Gasteiger partial charge in [0.1, 0.15) is 5.82 Å². The van der Waals surface area contributed by atoms with Gasteiger partial charge in [-0.1, -0.05) is 26.0 Å². The fraction of sp³-hybridized carbons (Fsp3) is 0.417. The van der Waals surface area contributed by atoms with Crippen LogP contribution in [0.3, 0.4) is 0 Å². The zero-order chi connectivity index (χ0) is 11.1. The predicted molar refractivity (Wildman–Crippen MR) is 65.4 cm³/mol. The number of hydrogen-bond acceptors (Lipinski definition) is 3. The summed E-state index contributed by atoms with van der Waals surface area (Å²) in [7, 11) is 0. The van der Waals surface area contributed by atoms with Crippen LogP contribution >= 0.6 is 0 Å². The van der Waals surface area contributed by atoms with E-state index in [0.717, 1.165) is 18.7 Å². The maximum Gasteiger partial charge on any atom is 0.130 e. The molecule has 82 valence electrons. The van der Waals surface area contributed by atoms with Crippen molar-refractivity contribution in [1.82, 2.24) is 10.3 Å². The maximum absolute atomic E-state index is 5.70. The van der Waals surface area contributed by atoms with Gasteiger partial charge in [-0.15, -0.1) is 0 Å². The zero-order valence-corrected chi connectivity index (χ0v) is 9.40. The number of pyridine rings is 1. The molecule has 0 aliphatic heterocycles. The van der Waals surface area contributed by atoms with Crippen LogP contribution in [-0.4, -0.2) is 18.1 Å². The molecule has 1 aromatic heterocycles. The van der Waals surface area contributed by atoms with Crippen molar-refractivity contribution in [3.05, 3.63) is 30.0 Å². The average Bonchev–Trinajstić information content (AvgIpc) is 2.20. The summed E-state index contributed by atoms with van der Waals surface area (Å²) in [5, 5.41) is 3.33. The summed E-state index contributed by atoms with van der Waals surface area (Å²) in [6.07, 6.45) is 5.76. The second-order valence-electron chi connectivity index (χ2n) is 3.93. The lowest BCUT2D eigenvalue weighted by atomic mass is 10.2. The van der Waals surface area contributed by atoms with E-state index in [2.05, 4.69) is 30.2 Å². The minimum atomic E-state index is 0.581. The first kappa shape index (κ1) is 11.7. The van der Waals surface area contributed by atoms with Crippen molar-refractivity contribution >= 4 is 11.9 Å². The molecule has 0 amide bonds. The van der Waals surface area contributed by atoms with E-state index in [1.54, 1.807) is 6.20 Å². The summed E-state index contributed by atoms with van der Waals surface area (Å²) in [5.74, 6) is 1.26. The molecule has 0 saturated carbocycles. The van der Waals surface area contributed by atoms with Gasteiger partial charge in [0.15, 0.2) is 0 Å². The third-order valence-corrected chi connectivity index (χ3v) is 1.98. The number of rotatable bonds is 5. The number of nitrogens with one attached hydrogen (secondary N) is 1. The summed E-state index contributed by atoms with van der Waals surface area (Å²) < 4.78 is 0. The van der Waals surface area contributed by atoms with Gasteiger partial charge in [-0.25, -0.2) is 4.98 Å². The Morgan fingerprint density at radius 2 is 2.33 bits per heavy atom. The van der Waals surface area contributed by atoms with E-state index in [4.69, 9.17) is 5.73 Å². The molecular formula is C12H19N3. The number of hydrogen-bond donors (Lipinski definition) is 2. The minimum Gasteiger partial charge on any atom is -0.383 e. The number of anilines is 1. The quantitative estimate of drug-likeness (QED) is 0.722. The Balaban J connectivity index is 2.35. The Hall–Kier alpha value is -1.35. The van der Waals surface area contributed by atoms with Crippen LogP contribution in [0.4, 0.5) is 5.82 Å². The summed E-state index contributed by atoms with van der Waals surface area (Å²) in [4.78, 5) is 4.01. The second kappa shape index (κ2) is 6.19. The van der Waals surface area contributed by atoms with E-state index in [1.165, 1.54) is 0 Å². The molecule has 0 unspecified atom stereocenters. The Morgan fingerprint density at radius 3 is 3.00 bits per heavy atom. The zero-order valence-electron chi connectivity index (χ0n) is 9.40. The fourth-order valence-electron chi connectivity index (χ4n) is 1.21. The average molecular weight is 205 g/mol. The predicted octanol–water partition coefficient (Wildman–Crippen LogP) is 1.92. The van der Waals surface area contributed by atoms with Gasteiger partial charge in [0, 0.05) is 18.3 Å². The molecule has 3 heteroatoms.